The van der Waals surface area contributed by atoms with E-state index in [4.69, 9.17) is 22.9 Å². The van der Waals surface area contributed by atoms with Gasteiger partial charge in [-0.3, -0.25) is 52.9 Å². The molecular weight excluding hydrogens is 959 g/mol. The van der Waals surface area contributed by atoms with E-state index in [0.717, 1.165) is 0 Å². The Morgan fingerprint density at radius 2 is 0.877 bits per heavy atom. The fourth-order valence-corrected chi connectivity index (χ4v) is 7.01. The van der Waals surface area contributed by atoms with E-state index in [2.05, 4.69) is 47.5 Å². The maximum Gasteiger partial charge on any atom is 0.326 e. The van der Waals surface area contributed by atoms with Crippen LogP contribution >= 0.6 is 0 Å². The number of carbonyl (C=O) groups is 11. The summed E-state index contributed by atoms with van der Waals surface area (Å²) in [6, 6.07) is -13.2. The first-order valence-corrected chi connectivity index (χ1v) is 24.4. The van der Waals surface area contributed by atoms with Gasteiger partial charge in [-0.15, -0.1) is 0 Å². The number of primary amides is 1. The molecule has 27 nitrogen and oxygen atoms in total. The third-order valence-electron chi connectivity index (χ3n) is 11.3. The number of aliphatic hydroxyl groups excluding tert-OH is 1. The van der Waals surface area contributed by atoms with Crippen molar-refractivity contribution in [3.05, 3.63) is 0 Å². The number of hydrogen-bond acceptors (Lipinski definition) is 14. The number of rotatable bonds is 35. The van der Waals surface area contributed by atoms with Crippen molar-refractivity contribution in [1.82, 2.24) is 42.5 Å². The van der Waals surface area contributed by atoms with Gasteiger partial charge in [0.1, 0.15) is 48.3 Å². The zero-order valence-electron chi connectivity index (χ0n) is 43.7. The number of carboxylic acid groups (broad SMARTS) is 2. The first-order chi connectivity index (χ1) is 33.8. The Morgan fingerprint density at radius 3 is 1.30 bits per heavy atom. The van der Waals surface area contributed by atoms with Gasteiger partial charge < -0.3 is 80.8 Å². The molecule has 0 saturated heterocycles. The van der Waals surface area contributed by atoms with Crippen molar-refractivity contribution in [2.45, 2.75) is 175 Å². The van der Waals surface area contributed by atoms with Crippen molar-refractivity contribution in [3.63, 3.8) is 0 Å². The SMILES string of the molecule is CC[C@H](C)[C@H](NC(=O)[C@H](CC(=O)O)NC(=O)[C@H](CC(N)=O)NC(=O)[C@H](CC(C)C)NC(=O)[C@@H](N)C(C)C)C(=O)N[C@@H](CC(C)C)C(=O)N[C@@H](CO)C(=O)N[C@@H](CCCN=C(N)N)C(=O)N[C@@H](CC(C)C)C(=O)O. The first kappa shape index (κ1) is 66.4. The van der Waals surface area contributed by atoms with Gasteiger partial charge in [-0.05, 0) is 61.7 Å². The van der Waals surface area contributed by atoms with E-state index in [0.29, 0.717) is 0 Å². The predicted octanol–water partition coefficient (Wildman–Crippen LogP) is -3.49. The van der Waals surface area contributed by atoms with E-state index in [1.165, 1.54) is 0 Å². The minimum atomic E-state index is -1.92. The minimum Gasteiger partial charge on any atom is -0.481 e. The average Bonchev–Trinajstić information content (AvgIpc) is 3.27. The summed E-state index contributed by atoms with van der Waals surface area (Å²) in [5.74, 6) is -13.6. The number of aliphatic carboxylic acids is 2. The van der Waals surface area contributed by atoms with E-state index >= 15 is 0 Å². The third-order valence-corrected chi connectivity index (χ3v) is 11.3. The number of amides is 9. The molecule has 0 aromatic heterocycles. The summed E-state index contributed by atoms with van der Waals surface area (Å²) >= 11 is 0. The van der Waals surface area contributed by atoms with Gasteiger partial charge >= 0.3 is 11.9 Å². The fraction of sp³-hybridized carbons (Fsp3) is 0.739. The van der Waals surface area contributed by atoms with Gasteiger partial charge in [-0.25, -0.2) is 4.79 Å². The van der Waals surface area contributed by atoms with Gasteiger partial charge in [0, 0.05) is 6.54 Å². The lowest BCUT2D eigenvalue weighted by molar-refractivity contribution is -0.143. The summed E-state index contributed by atoms with van der Waals surface area (Å²) in [6.45, 7) is 16.1. The molecule has 0 saturated carbocycles. The quantitative estimate of drug-likeness (QED) is 0.0166. The van der Waals surface area contributed by atoms with Crippen molar-refractivity contribution in [1.29, 1.82) is 0 Å². The van der Waals surface area contributed by atoms with Crippen molar-refractivity contribution < 1.29 is 68.1 Å². The van der Waals surface area contributed by atoms with Gasteiger partial charge in [-0.1, -0.05) is 75.7 Å². The molecular formula is C46H83N13O14. The molecule has 19 N–H and O–H groups in total. The van der Waals surface area contributed by atoms with Crippen molar-refractivity contribution in [2.24, 2.45) is 57.5 Å². The normalized spacial score (nSPS) is 15.4. The predicted molar refractivity (Wildman–Crippen MR) is 267 cm³/mol. The number of aliphatic hydroxyl groups is 1. The highest BCUT2D eigenvalue weighted by Gasteiger charge is 2.37. The number of nitrogens with two attached hydrogens (primary N) is 4. The molecule has 0 rings (SSSR count). The molecule has 0 aliphatic rings. The number of guanidine groups is 1. The highest BCUT2D eigenvalue weighted by molar-refractivity contribution is 5.99. The van der Waals surface area contributed by atoms with E-state index < -0.39 is 145 Å². The van der Waals surface area contributed by atoms with Crippen LogP contribution in [0, 0.1) is 29.6 Å². The highest BCUT2D eigenvalue weighted by atomic mass is 16.4. The molecule has 0 aliphatic carbocycles. The lowest BCUT2D eigenvalue weighted by Gasteiger charge is -2.30. The molecule has 0 bridgehead atoms. The summed E-state index contributed by atoms with van der Waals surface area (Å²) in [6.07, 6.45) is -1.51. The van der Waals surface area contributed by atoms with Crippen LogP contribution in [-0.4, -0.2) is 154 Å². The Hall–Kier alpha value is -6.64. The lowest BCUT2D eigenvalue weighted by Crippen LogP contribution is -2.62. The largest absolute Gasteiger partial charge is 0.481 e. The van der Waals surface area contributed by atoms with Gasteiger partial charge in [0.25, 0.3) is 0 Å². The zero-order valence-corrected chi connectivity index (χ0v) is 43.7. The second kappa shape index (κ2) is 33.2. The summed E-state index contributed by atoms with van der Waals surface area (Å²) in [5, 5.41) is 49.0. The van der Waals surface area contributed by atoms with Crippen LogP contribution in [0.4, 0.5) is 0 Å². The number of nitrogens with one attached hydrogen (secondary N) is 8. The molecule has 27 heteroatoms. The van der Waals surface area contributed by atoms with Crippen molar-refractivity contribution in [3.8, 4) is 0 Å². The topological polar surface area (TPSA) is 461 Å². The molecule has 0 radical (unpaired) electrons. The monoisotopic (exact) mass is 1040 g/mol. The standard InChI is InChI=1S/C46H83N13O14/c1-11-25(10)36(59-41(68)30(19-34(62)63)54-40(67)29(18-33(47)61)53-38(65)27(15-21(2)3)55-43(70)35(48)24(8)9)44(71)56-28(16-22(4)5)39(66)58-32(20-60)42(69)52-26(13-12-14-51-46(49)50)37(64)57-31(45(72)73)17-23(6)7/h21-32,35-36,60H,11-20,48H2,1-10H3,(H2,47,61)(H,52,69)(H,53,65)(H,54,67)(H,55,70)(H,56,71)(H,57,64)(H,58,66)(H,59,68)(H,62,63)(H,72,73)(H4,49,50,51)/t25-,26-,27-,28-,29-,30-,31-,32-,35-,36-/m0/s1. The van der Waals surface area contributed by atoms with Crippen molar-refractivity contribution >= 4 is 71.1 Å². The Morgan fingerprint density at radius 1 is 0.493 bits per heavy atom. The van der Waals surface area contributed by atoms with Gasteiger partial charge in [0.05, 0.1) is 25.5 Å². The maximum absolute atomic E-state index is 14.1. The molecule has 0 aliphatic heterocycles. The van der Waals surface area contributed by atoms with E-state index in [1.807, 2.05) is 0 Å². The number of nitrogens with zero attached hydrogens (tertiary/aromatic N) is 1. The van der Waals surface area contributed by atoms with Crippen LogP contribution < -0.4 is 65.5 Å². The Kier molecular flexibility index (Phi) is 30.1. The number of aliphatic imine (C=N–C) groups is 1. The number of carboxylic acids is 2. The number of hydrogen-bond donors (Lipinski definition) is 15. The van der Waals surface area contributed by atoms with Crippen LogP contribution in [0.2, 0.25) is 0 Å². The molecule has 416 valence electrons. The molecule has 9 amide bonds. The first-order valence-electron chi connectivity index (χ1n) is 24.4. The summed E-state index contributed by atoms with van der Waals surface area (Å²) in [7, 11) is 0. The summed E-state index contributed by atoms with van der Waals surface area (Å²) < 4.78 is 0. The number of carbonyl (C=O) groups excluding carboxylic acids is 9. The second-order valence-corrected chi connectivity index (χ2v) is 19.7. The second-order valence-electron chi connectivity index (χ2n) is 19.7. The summed E-state index contributed by atoms with van der Waals surface area (Å²) in [5.41, 5.74) is 22.1. The fourth-order valence-electron chi connectivity index (χ4n) is 7.01. The van der Waals surface area contributed by atoms with Crippen LogP contribution in [-0.2, 0) is 52.7 Å². The molecule has 0 heterocycles. The molecule has 0 aromatic rings. The van der Waals surface area contributed by atoms with E-state index in [1.54, 1.807) is 69.2 Å². The molecule has 0 fully saturated rings. The smallest absolute Gasteiger partial charge is 0.326 e. The Balaban J connectivity index is 6.63. The van der Waals surface area contributed by atoms with Crippen LogP contribution in [0.25, 0.3) is 0 Å². The molecule has 0 aromatic carbocycles. The molecule has 0 spiro atoms. The van der Waals surface area contributed by atoms with Gasteiger partial charge in [0.2, 0.25) is 53.2 Å². The Labute approximate surface area is 426 Å². The average molecular weight is 1040 g/mol. The van der Waals surface area contributed by atoms with Crippen LogP contribution in [0.5, 0.6) is 0 Å². The maximum atomic E-state index is 14.1. The van der Waals surface area contributed by atoms with Crippen LogP contribution in [0.3, 0.4) is 0 Å². The van der Waals surface area contributed by atoms with Crippen LogP contribution in [0.1, 0.15) is 121 Å². The van der Waals surface area contributed by atoms with Crippen LogP contribution in [0.15, 0.2) is 4.99 Å². The molecule has 10 atom stereocenters. The van der Waals surface area contributed by atoms with Gasteiger partial charge in [0.15, 0.2) is 5.96 Å². The highest BCUT2D eigenvalue weighted by Crippen LogP contribution is 2.14. The minimum absolute atomic E-state index is 0.0362. The Bertz CT molecular complexity index is 1930. The van der Waals surface area contributed by atoms with Crippen molar-refractivity contribution in [2.75, 3.05) is 13.2 Å². The third kappa shape index (κ3) is 26.1. The van der Waals surface area contributed by atoms with Gasteiger partial charge in [-0.2, -0.15) is 0 Å². The zero-order chi connectivity index (χ0) is 56.4. The lowest BCUT2D eigenvalue weighted by atomic mass is 9.96. The molecule has 73 heavy (non-hydrogen) atoms. The molecule has 0 unspecified atom stereocenters. The summed E-state index contributed by atoms with van der Waals surface area (Å²) in [4.78, 5) is 149. The van der Waals surface area contributed by atoms with E-state index in [9.17, 15) is 68.1 Å². The van der Waals surface area contributed by atoms with E-state index in [-0.39, 0.29) is 74.7 Å².